The number of rotatable bonds is 2. The first kappa shape index (κ1) is 13.4. The van der Waals surface area contributed by atoms with E-state index in [1.807, 2.05) is 6.92 Å². The maximum atomic E-state index is 12.3. The summed E-state index contributed by atoms with van der Waals surface area (Å²) in [6, 6.07) is 4.84. The molecule has 0 radical (unpaired) electrons. The molecule has 1 amide bonds. The summed E-state index contributed by atoms with van der Waals surface area (Å²) >= 11 is 0. The average molecular weight is 263 g/mol. The van der Waals surface area contributed by atoms with Gasteiger partial charge in [-0.1, -0.05) is 11.6 Å². The summed E-state index contributed by atoms with van der Waals surface area (Å²) in [5.41, 5.74) is 1.12. The summed E-state index contributed by atoms with van der Waals surface area (Å²) in [6.45, 7) is 2.59. The van der Waals surface area contributed by atoms with Crippen molar-refractivity contribution >= 4 is 11.9 Å². The minimum Gasteiger partial charge on any atom is -0.507 e. The number of phenols is 1. The quantitative estimate of drug-likeness (QED) is 0.850. The van der Waals surface area contributed by atoms with Gasteiger partial charge in [0.2, 0.25) is 0 Å². The number of hydrogen-bond acceptors (Lipinski definition) is 3. The van der Waals surface area contributed by atoms with Crippen molar-refractivity contribution in [2.24, 2.45) is 5.92 Å². The normalized spacial score (nSPS) is 19.2. The number of aromatic hydroxyl groups is 1. The molecule has 19 heavy (non-hydrogen) atoms. The van der Waals surface area contributed by atoms with Crippen molar-refractivity contribution in [1.29, 1.82) is 0 Å². The molecule has 1 fully saturated rings. The molecular formula is C14H17NO4. The van der Waals surface area contributed by atoms with E-state index in [4.69, 9.17) is 5.11 Å². The zero-order valence-corrected chi connectivity index (χ0v) is 10.8. The maximum absolute atomic E-state index is 12.3. The zero-order chi connectivity index (χ0) is 14.0. The fourth-order valence-corrected chi connectivity index (χ4v) is 2.35. The van der Waals surface area contributed by atoms with E-state index in [0.717, 1.165) is 5.56 Å². The van der Waals surface area contributed by atoms with E-state index in [1.165, 1.54) is 11.0 Å². The Kier molecular flexibility index (Phi) is 3.74. The second kappa shape index (κ2) is 5.30. The van der Waals surface area contributed by atoms with Crippen LogP contribution in [0.5, 0.6) is 5.75 Å². The van der Waals surface area contributed by atoms with Gasteiger partial charge in [0.1, 0.15) is 5.75 Å². The number of phenolic OH excluding ortho intramolecular Hbond substituents is 1. The fraction of sp³-hybridized carbons (Fsp3) is 0.429. The van der Waals surface area contributed by atoms with Crippen molar-refractivity contribution in [3.8, 4) is 5.75 Å². The zero-order valence-electron chi connectivity index (χ0n) is 10.8. The number of aliphatic carboxylic acids is 1. The minimum atomic E-state index is -0.869. The smallest absolute Gasteiger partial charge is 0.308 e. The van der Waals surface area contributed by atoms with Crippen LogP contribution in [0.4, 0.5) is 0 Å². The van der Waals surface area contributed by atoms with Gasteiger partial charge in [-0.15, -0.1) is 0 Å². The summed E-state index contributed by atoms with van der Waals surface area (Å²) in [7, 11) is 0. The van der Waals surface area contributed by atoms with Crippen molar-refractivity contribution in [3.05, 3.63) is 29.3 Å². The van der Waals surface area contributed by atoms with E-state index >= 15 is 0 Å². The lowest BCUT2D eigenvalue weighted by Crippen LogP contribution is -2.42. The van der Waals surface area contributed by atoms with Crippen molar-refractivity contribution in [2.75, 3.05) is 13.1 Å². The lowest BCUT2D eigenvalue weighted by Gasteiger charge is -2.31. The molecule has 1 heterocycles. The van der Waals surface area contributed by atoms with Crippen LogP contribution in [0, 0.1) is 12.8 Å². The summed E-state index contributed by atoms with van der Waals surface area (Å²) in [5, 5.41) is 18.8. The van der Waals surface area contributed by atoms with E-state index in [0.29, 0.717) is 19.4 Å². The molecule has 5 heteroatoms. The number of benzene rings is 1. The Morgan fingerprint density at radius 2 is 2.11 bits per heavy atom. The number of carboxylic acids is 1. The number of piperidine rings is 1. The van der Waals surface area contributed by atoms with Gasteiger partial charge in [0, 0.05) is 13.1 Å². The van der Waals surface area contributed by atoms with Crippen molar-refractivity contribution in [3.63, 3.8) is 0 Å². The Labute approximate surface area is 111 Å². The molecule has 102 valence electrons. The number of carbonyl (C=O) groups is 2. The molecule has 1 aromatic carbocycles. The van der Waals surface area contributed by atoms with Crippen LogP contribution >= 0.6 is 0 Å². The highest BCUT2D eigenvalue weighted by Crippen LogP contribution is 2.23. The van der Waals surface area contributed by atoms with Gasteiger partial charge in [-0.05, 0) is 31.9 Å². The highest BCUT2D eigenvalue weighted by atomic mass is 16.4. The Bertz CT molecular complexity index is 512. The number of likely N-dealkylation sites (tertiary alicyclic amines) is 1. The van der Waals surface area contributed by atoms with E-state index in [9.17, 15) is 14.7 Å². The Balaban J connectivity index is 2.19. The largest absolute Gasteiger partial charge is 0.507 e. The van der Waals surface area contributed by atoms with Crippen molar-refractivity contribution in [1.82, 2.24) is 4.90 Å². The van der Waals surface area contributed by atoms with E-state index < -0.39 is 11.9 Å². The number of carbonyl (C=O) groups excluding carboxylic acids is 1. The molecule has 1 atom stereocenters. The standard InChI is InChI=1S/C14H17NO4/c1-9-4-5-12(16)11(7-9)13(17)15-6-2-3-10(8-15)14(18)19/h4-5,7,10,16H,2-3,6,8H2,1H3,(H,18,19)/t10-/m1/s1. The molecule has 0 bridgehead atoms. The van der Waals surface area contributed by atoms with E-state index in [2.05, 4.69) is 0 Å². The van der Waals surface area contributed by atoms with Gasteiger partial charge in [0.05, 0.1) is 11.5 Å². The third-order valence-electron chi connectivity index (χ3n) is 3.44. The van der Waals surface area contributed by atoms with Crippen LogP contribution in [0.25, 0.3) is 0 Å². The molecule has 2 N–H and O–H groups in total. The Morgan fingerprint density at radius 3 is 2.79 bits per heavy atom. The van der Waals surface area contributed by atoms with Gasteiger partial charge in [0.15, 0.2) is 0 Å². The van der Waals surface area contributed by atoms with Crippen LogP contribution in [0.2, 0.25) is 0 Å². The maximum Gasteiger partial charge on any atom is 0.308 e. The van der Waals surface area contributed by atoms with Crippen LogP contribution in [-0.2, 0) is 4.79 Å². The predicted molar refractivity (Wildman–Crippen MR) is 69.1 cm³/mol. The molecule has 0 spiro atoms. The van der Waals surface area contributed by atoms with Gasteiger partial charge in [-0.3, -0.25) is 9.59 Å². The topological polar surface area (TPSA) is 77.8 Å². The Morgan fingerprint density at radius 1 is 1.37 bits per heavy atom. The third-order valence-corrected chi connectivity index (χ3v) is 3.44. The van der Waals surface area contributed by atoms with Crippen LogP contribution in [0.3, 0.4) is 0 Å². The summed E-state index contributed by atoms with van der Waals surface area (Å²) in [6.07, 6.45) is 1.27. The van der Waals surface area contributed by atoms with Crippen LogP contribution < -0.4 is 0 Å². The lowest BCUT2D eigenvalue weighted by molar-refractivity contribution is -0.143. The number of nitrogens with zero attached hydrogens (tertiary/aromatic N) is 1. The van der Waals surface area contributed by atoms with Crippen LogP contribution in [-0.4, -0.2) is 40.1 Å². The molecule has 0 unspecified atom stereocenters. The monoisotopic (exact) mass is 263 g/mol. The van der Waals surface area contributed by atoms with Crippen molar-refractivity contribution < 1.29 is 19.8 Å². The molecule has 1 aliphatic rings. The van der Waals surface area contributed by atoms with Crippen LogP contribution in [0.15, 0.2) is 18.2 Å². The van der Waals surface area contributed by atoms with Gasteiger partial charge >= 0.3 is 5.97 Å². The molecule has 0 saturated carbocycles. The second-order valence-corrected chi connectivity index (χ2v) is 4.95. The van der Waals surface area contributed by atoms with Gasteiger partial charge in [0.25, 0.3) is 5.91 Å². The van der Waals surface area contributed by atoms with Gasteiger partial charge < -0.3 is 15.1 Å². The molecule has 2 rings (SSSR count). The Hall–Kier alpha value is -2.04. The minimum absolute atomic E-state index is 0.0620. The van der Waals surface area contributed by atoms with Crippen molar-refractivity contribution in [2.45, 2.75) is 19.8 Å². The third kappa shape index (κ3) is 2.86. The second-order valence-electron chi connectivity index (χ2n) is 4.95. The first-order valence-electron chi connectivity index (χ1n) is 6.30. The molecule has 1 aromatic rings. The lowest BCUT2D eigenvalue weighted by atomic mass is 9.97. The van der Waals surface area contributed by atoms with E-state index in [1.54, 1.807) is 12.1 Å². The SMILES string of the molecule is Cc1ccc(O)c(C(=O)N2CCC[C@@H](C(=O)O)C2)c1. The summed E-state index contributed by atoms with van der Waals surface area (Å²) in [5.74, 6) is -1.74. The predicted octanol–water partition coefficient (Wildman–Crippen LogP) is 1.64. The number of amides is 1. The number of hydrogen-bond donors (Lipinski definition) is 2. The molecule has 1 aliphatic heterocycles. The van der Waals surface area contributed by atoms with Gasteiger partial charge in [-0.2, -0.15) is 0 Å². The number of aryl methyl sites for hydroxylation is 1. The highest BCUT2D eigenvalue weighted by Gasteiger charge is 2.29. The summed E-state index contributed by atoms with van der Waals surface area (Å²) in [4.78, 5) is 24.8. The summed E-state index contributed by atoms with van der Waals surface area (Å²) < 4.78 is 0. The molecule has 1 saturated heterocycles. The van der Waals surface area contributed by atoms with Crippen LogP contribution in [0.1, 0.15) is 28.8 Å². The molecule has 0 aliphatic carbocycles. The molecular weight excluding hydrogens is 246 g/mol. The molecule has 5 nitrogen and oxygen atoms in total. The number of carboxylic acid groups (broad SMARTS) is 1. The average Bonchev–Trinajstić information content (AvgIpc) is 2.41. The van der Waals surface area contributed by atoms with E-state index in [-0.39, 0.29) is 23.8 Å². The first-order valence-corrected chi connectivity index (χ1v) is 6.30. The fourth-order valence-electron chi connectivity index (χ4n) is 2.35. The molecule has 0 aromatic heterocycles. The highest BCUT2D eigenvalue weighted by molar-refractivity contribution is 5.97. The van der Waals surface area contributed by atoms with Gasteiger partial charge in [-0.25, -0.2) is 0 Å². The first-order chi connectivity index (χ1) is 8.99.